The van der Waals surface area contributed by atoms with E-state index in [1.165, 1.54) is 11.8 Å². The summed E-state index contributed by atoms with van der Waals surface area (Å²) in [6.07, 6.45) is 0.500. The van der Waals surface area contributed by atoms with E-state index >= 15 is 0 Å². The molecule has 0 spiro atoms. The lowest BCUT2D eigenvalue weighted by Gasteiger charge is -2.12. The van der Waals surface area contributed by atoms with E-state index in [0.717, 1.165) is 14.0 Å². The molecule has 20 heavy (non-hydrogen) atoms. The maximum absolute atomic E-state index is 11.4. The molecule has 0 aliphatic carbocycles. The minimum atomic E-state index is -0.802. The molecular formula is C15H12ClIO2S. The Labute approximate surface area is 140 Å². The predicted octanol–water partition coefficient (Wildman–Crippen LogP) is 4.73. The Morgan fingerprint density at radius 2 is 1.75 bits per heavy atom. The molecule has 2 nitrogen and oxygen atoms in total. The van der Waals surface area contributed by atoms with Gasteiger partial charge in [-0.3, -0.25) is 4.79 Å². The average molecular weight is 419 g/mol. The van der Waals surface area contributed by atoms with Gasteiger partial charge in [-0.05, 0) is 71.0 Å². The Hall–Kier alpha value is -0.720. The number of hydrogen-bond acceptors (Lipinski definition) is 2. The zero-order chi connectivity index (χ0) is 14.5. The van der Waals surface area contributed by atoms with E-state index in [-0.39, 0.29) is 0 Å². The van der Waals surface area contributed by atoms with Crippen LogP contribution >= 0.6 is 46.0 Å². The number of benzene rings is 2. The molecule has 2 aromatic rings. The van der Waals surface area contributed by atoms with Crippen LogP contribution in [0.1, 0.15) is 5.56 Å². The van der Waals surface area contributed by atoms with Crippen molar-refractivity contribution in [1.29, 1.82) is 0 Å². The number of carboxylic acid groups (broad SMARTS) is 1. The van der Waals surface area contributed by atoms with Crippen LogP contribution in [0.5, 0.6) is 0 Å². The Bertz CT molecular complexity index is 536. The molecule has 0 bridgehead atoms. The van der Waals surface area contributed by atoms with Crippen molar-refractivity contribution < 1.29 is 9.90 Å². The minimum Gasteiger partial charge on any atom is -0.480 e. The van der Waals surface area contributed by atoms with Crippen molar-refractivity contribution in [3.8, 4) is 0 Å². The van der Waals surface area contributed by atoms with Gasteiger partial charge in [0.25, 0.3) is 0 Å². The molecule has 104 valence electrons. The Morgan fingerprint density at radius 1 is 1.15 bits per heavy atom. The minimum absolute atomic E-state index is 0.500. The van der Waals surface area contributed by atoms with Gasteiger partial charge in [0.15, 0.2) is 0 Å². The molecule has 0 heterocycles. The van der Waals surface area contributed by atoms with E-state index < -0.39 is 11.2 Å². The third-order valence-corrected chi connectivity index (χ3v) is 4.87. The summed E-state index contributed by atoms with van der Waals surface area (Å²) in [5.74, 6) is -0.802. The van der Waals surface area contributed by atoms with Crippen molar-refractivity contribution in [2.24, 2.45) is 0 Å². The summed E-state index contributed by atoms with van der Waals surface area (Å²) >= 11 is 9.40. The lowest BCUT2D eigenvalue weighted by atomic mass is 10.1. The zero-order valence-corrected chi connectivity index (χ0v) is 14.2. The molecule has 1 N–H and O–H groups in total. The number of carboxylic acids is 1. The zero-order valence-electron chi connectivity index (χ0n) is 10.4. The van der Waals surface area contributed by atoms with E-state index in [1.54, 1.807) is 12.1 Å². The van der Waals surface area contributed by atoms with E-state index in [1.807, 2.05) is 36.4 Å². The summed E-state index contributed by atoms with van der Waals surface area (Å²) in [5.41, 5.74) is 1.03. The van der Waals surface area contributed by atoms with Gasteiger partial charge in [0.05, 0.1) is 0 Å². The van der Waals surface area contributed by atoms with E-state index in [2.05, 4.69) is 22.6 Å². The van der Waals surface area contributed by atoms with Crippen LogP contribution in [0.15, 0.2) is 53.4 Å². The summed E-state index contributed by atoms with van der Waals surface area (Å²) in [6.45, 7) is 0. The lowest BCUT2D eigenvalue weighted by molar-refractivity contribution is -0.136. The highest BCUT2D eigenvalue weighted by molar-refractivity contribution is 14.1. The quantitative estimate of drug-likeness (QED) is 0.563. The summed E-state index contributed by atoms with van der Waals surface area (Å²) in [4.78, 5) is 12.3. The largest absolute Gasteiger partial charge is 0.480 e. The average Bonchev–Trinajstić information content (AvgIpc) is 2.42. The van der Waals surface area contributed by atoms with Crippen molar-refractivity contribution in [3.63, 3.8) is 0 Å². The van der Waals surface area contributed by atoms with Crippen LogP contribution in [0.3, 0.4) is 0 Å². The third-order valence-electron chi connectivity index (χ3n) is 2.70. The van der Waals surface area contributed by atoms with E-state index in [4.69, 9.17) is 11.6 Å². The van der Waals surface area contributed by atoms with Crippen LogP contribution in [0.25, 0.3) is 0 Å². The van der Waals surface area contributed by atoms with Crippen LogP contribution in [0, 0.1) is 3.57 Å². The first-order chi connectivity index (χ1) is 9.54. The molecule has 0 aliphatic heterocycles. The van der Waals surface area contributed by atoms with Crippen molar-refractivity contribution in [2.75, 3.05) is 0 Å². The fourth-order valence-corrected chi connectivity index (χ4v) is 3.18. The number of thioether (sulfide) groups is 1. The molecule has 2 rings (SSSR count). The highest BCUT2D eigenvalue weighted by Gasteiger charge is 2.19. The number of halogens is 2. The second-order valence-corrected chi connectivity index (χ2v) is 7.19. The van der Waals surface area contributed by atoms with Gasteiger partial charge in [0.1, 0.15) is 5.25 Å². The molecule has 0 fully saturated rings. The van der Waals surface area contributed by atoms with Gasteiger partial charge in [-0.25, -0.2) is 0 Å². The molecule has 2 aromatic carbocycles. The predicted molar refractivity (Wildman–Crippen MR) is 91.6 cm³/mol. The SMILES string of the molecule is O=C(O)[C@H](Cc1ccc(I)cc1)Sc1ccc(Cl)cc1. The normalized spacial score (nSPS) is 12.1. The van der Waals surface area contributed by atoms with Crippen LogP contribution in [-0.2, 0) is 11.2 Å². The van der Waals surface area contributed by atoms with Crippen molar-refractivity contribution in [2.45, 2.75) is 16.6 Å². The van der Waals surface area contributed by atoms with Gasteiger partial charge in [-0.15, -0.1) is 11.8 Å². The molecule has 0 amide bonds. The number of hydrogen-bond donors (Lipinski definition) is 1. The second kappa shape index (κ2) is 7.33. The Kier molecular flexibility index (Phi) is 5.74. The number of carbonyl (C=O) groups is 1. The molecular weight excluding hydrogens is 407 g/mol. The third kappa shape index (κ3) is 4.68. The van der Waals surface area contributed by atoms with Crippen molar-refractivity contribution >= 4 is 51.9 Å². The first-order valence-electron chi connectivity index (χ1n) is 5.94. The first-order valence-corrected chi connectivity index (χ1v) is 8.28. The summed E-state index contributed by atoms with van der Waals surface area (Å²) in [5, 5.41) is 9.50. The van der Waals surface area contributed by atoms with E-state index in [9.17, 15) is 9.90 Å². The lowest BCUT2D eigenvalue weighted by Crippen LogP contribution is -2.19. The first kappa shape index (κ1) is 15.7. The Morgan fingerprint density at radius 3 is 2.30 bits per heavy atom. The van der Waals surface area contributed by atoms with E-state index in [0.29, 0.717) is 11.4 Å². The molecule has 0 saturated heterocycles. The van der Waals surface area contributed by atoms with Gasteiger partial charge in [0.2, 0.25) is 0 Å². The fraction of sp³-hybridized carbons (Fsp3) is 0.133. The molecule has 0 aliphatic rings. The molecule has 5 heteroatoms. The smallest absolute Gasteiger partial charge is 0.317 e. The highest BCUT2D eigenvalue weighted by atomic mass is 127. The van der Waals surface area contributed by atoms with Gasteiger partial charge < -0.3 is 5.11 Å². The van der Waals surface area contributed by atoms with Crippen LogP contribution in [0.2, 0.25) is 5.02 Å². The van der Waals surface area contributed by atoms with Gasteiger partial charge in [-0.1, -0.05) is 23.7 Å². The molecule has 0 aromatic heterocycles. The van der Waals surface area contributed by atoms with Gasteiger partial charge in [0, 0.05) is 13.5 Å². The summed E-state index contributed by atoms with van der Waals surface area (Å²) in [7, 11) is 0. The fourth-order valence-electron chi connectivity index (χ4n) is 1.69. The number of rotatable bonds is 5. The van der Waals surface area contributed by atoms with Crippen molar-refractivity contribution in [1.82, 2.24) is 0 Å². The monoisotopic (exact) mass is 418 g/mol. The van der Waals surface area contributed by atoms with Crippen LogP contribution in [-0.4, -0.2) is 16.3 Å². The van der Waals surface area contributed by atoms with Crippen LogP contribution in [0.4, 0.5) is 0 Å². The Balaban J connectivity index is 2.09. The summed E-state index contributed by atoms with van der Waals surface area (Å²) in [6, 6.07) is 15.2. The maximum atomic E-state index is 11.4. The number of aliphatic carboxylic acids is 1. The maximum Gasteiger partial charge on any atom is 0.317 e. The molecule has 1 atom stereocenters. The van der Waals surface area contributed by atoms with Crippen LogP contribution < -0.4 is 0 Å². The summed E-state index contributed by atoms with van der Waals surface area (Å²) < 4.78 is 1.14. The standard InChI is InChI=1S/C15H12ClIO2S/c16-11-3-7-13(8-4-11)20-14(15(18)19)9-10-1-5-12(17)6-2-10/h1-8,14H,9H2,(H,18,19)/t14-/m0/s1. The highest BCUT2D eigenvalue weighted by Crippen LogP contribution is 2.27. The topological polar surface area (TPSA) is 37.3 Å². The van der Waals surface area contributed by atoms with Gasteiger partial charge in [-0.2, -0.15) is 0 Å². The second-order valence-electron chi connectivity index (χ2n) is 4.23. The van der Waals surface area contributed by atoms with Gasteiger partial charge >= 0.3 is 5.97 Å². The molecule has 0 unspecified atom stereocenters. The van der Waals surface area contributed by atoms with Crippen molar-refractivity contribution in [3.05, 3.63) is 62.7 Å². The molecule has 0 saturated carbocycles. The molecule has 0 radical (unpaired) electrons.